The predicted octanol–water partition coefficient (Wildman–Crippen LogP) is 3.37. The quantitative estimate of drug-likeness (QED) is 0.424. The fourth-order valence-electron chi connectivity index (χ4n) is 3.01. The fraction of sp³-hybridized carbons (Fsp3) is 0.0476. The number of amides is 1. The molecular formula is C21H16N4O2. The van der Waals surface area contributed by atoms with E-state index >= 15 is 0 Å². The van der Waals surface area contributed by atoms with Gasteiger partial charge in [0.05, 0.1) is 5.56 Å². The molecule has 0 aliphatic heterocycles. The molecule has 0 aliphatic rings. The lowest BCUT2D eigenvalue weighted by atomic mass is 10.0. The Morgan fingerprint density at radius 1 is 0.926 bits per heavy atom. The highest BCUT2D eigenvalue weighted by Crippen LogP contribution is 2.25. The molecule has 1 aromatic carbocycles. The summed E-state index contributed by atoms with van der Waals surface area (Å²) in [6, 6.07) is 16.3. The van der Waals surface area contributed by atoms with Gasteiger partial charge in [-0.05, 0) is 30.3 Å². The number of aromatic amines is 1. The van der Waals surface area contributed by atoms with Crippen molar-refractivity contribution in [1.29, 1.82) is 0 Å². The van der Waals surface area contributed by atoms with Gasteiger partial charge in [0.1, 0.15) is 0 Å². The van der Waals surface area contributed by atoms with E-state index < -0.39 is 11.7 Å². The highest BCUT2D eigenvalue weighted by Gasteiger charge is 2.24. The van der Waals surface area contributed by atoms with Gasteiger partial charge in [-0.15, -0.1) is 0 Å². The first-order chi connectivity index (χ1) is 13.2. The van der Waals surface area contributed by atoms with E-state index in [9.17, 15) is 9.59 Å². The fourth-order valence-corrected chi connectivity index (χ4v) is 3.01. The van der Waals surface area contributed by atoms with E-state index in [0.717, 1.165) is 16.6 Å². The Morgan fingerprint density at radius 3 is 2.48 bits per heavy atom. The van der Waals surface area contributed by atoms with Crippen LogP contribution in [0, 0.1) is 0 Å². The van der Waals surface area contributed by atoms with E-state index in [1.165, 1.54) is 0 Å². The van der Waals surface area contributed by atoms with Crippen molar-refractivity contribution in [3.05, 3.63) is 90.1 Å². The average molecular weight is 356 g/mol. The van der Waals surface area contributed by atoms with Gasteiger partial charge in [-0.25, -0.2) is 0 Å². The van der Waals surface area contributed by atoms with E-state index in [2.05, 4.69) is 20.3 Å². The Kier molecular flexibility index (Phi) is 4.45. The lowest BCUT2D eigenvalue weighted by molar-refractivity contribution is -0.112. The maximum absolute atomic E-state index is 13.0. The van der Waals surface area contributed by atoms with E-state index in [4.69, 9.17) is 0 Å². The first kappa shape index (κ1) is 16.7. The molecule has 0 unspecified atom stereocenters. The van der Waals surface area contributed by atoms with Crippen LogP contribution in [0.2, 0.25) is 0 Å². The number of aromatic nitrogens is 3. The zero-order chi connectivity index (χ0) is 18.6. The van der Waals surface area contributed by atoms with Crippen molar-refractivity contribution >= 4 is 28.3 Å². The van der Waals surface area contributed by atoms with Crippen LogP contribution in [0.4, 0.5) is 5.69 Å². The van der Waals surface area contributed by atoms with Crippen molar-refractivity contribution in [2.45, 2.75) is 6.42 Å². The van der Waals surface area contributed by atoms with Crippen molar-refractivity contribution in [2.24, 2.45) is 0 Å². The number of carbonyl (C=O) groups is 2. The minimum Gasteiger partial charge on any atom is -0.357 e. The molecule has 4 aromatic rings. The molecule has 0 saturated heterocycles. The first-order valence-corrected chi connectivity index (χ1v) is 8.47. The van der Waals surface area contributed by atoms with E-state index in [0.29, 0.717) is 23.4 Å². The molecule has 27 heavy (non-hydrogen) atoms. The SMILES string of the molecule is O=C(Nc1ccncc1)C(=O)c1c(Cc2ccccn2)[nH]c2ccccc12. The largest absolute Gasteiger partial charge is 0.357 e. The second kappa shape index (κ2) is 7.21. The monoisotopic (exact) mass is 356 g/mol. The summed E-state index contributed by atoms with van der Waals surface area (Å²) in [5.41, 5.74) is 3.19. The Bertz CT molecular complexity index is 1100. The van der Waals surface area contributed by atoms with Gasteiger partial charge >= 0.3 is 0 Å². The maximum Gasteiger partial charge on any atom is 0.296 e. The molecule has 0 bridgehead atoms. The number of hydrogen-bond acceptors (Lipinski definition) is 4. The number of pyridine rings is 2. The van der Waals surface area contributed by atoms with Crippen molar-refractivity contribution in [1.82, 2.24) is 15.0 Å². The van der Waals surface area contributed by atoms with Crippen LogP contribution in [-0.4, -0.2) is 26.6 Å². The molecule has 0 radical (unpaired) electrons. The number of fused-ring (bicyclic) bond motifs is 1. The van der Waals surface area contributed by atoms with E-state index in [1.54, 1.807) is 30.7 Å². The number of nitrogens with zero attached hydrogens (tertiary/aromatic N) is 2. The van der Waals surface area contributed by atoms with Gasteiger partial charge in [0, 0.05) is 53.0 Å². The Labute approximate surface area is 155 Å². The molecule has 6 nitrogen and oxygen atoms in total. The lowest BCUT2D eigenvalue weighted by Gasteiger charge is -2.06. The average Bonchev–Trinajstić information content (AvgIpc) is 3.06. The molecule has 0 fully saturated rings. The number of benzene rings is 1. The van der Waals surface area contributed by atoms with Crippen LogP contribution in [0.15, 0.2) is 73.2 Å². The molecule has 3 heterocycles. The van der Waals surface area contributed by atoms with Gasteiger partial charge in [-0.2, -0.15) is 0 Å². The van der Waals surface area contributed by atoms with Gasteiger partial charge in [-0.3, -0.25) is 19.6 Å². The summed E-state index contributed by atoms with van der Waals surface area (Å²) < 4.78 is 0. The Balaban J connectivity index is 1.71. The highest BCUT2D eigenvalue weighted by atomic mass is 16.2. The van der Waals surface area contributed by atoms with Crippen molar-refractivity contribution in [2.75, 3.05) is 5.32 Å². The number of ketones is 1. The minimum atomic E-state index is -0.687. The van der Waals surface area contributed by atoms with Gasteiger partial charge < -0.3 is 10.3 Å². The van der Waals surface area contributed by atoms with Gasteiger partial charge in [0.25, 0.3) is 11.7 Å². The molecule has 132 valence electrons. The molecule has 0 atom stereocenters. The molecule has 0 saturated carbocycles. The number of carbonyl (C=O) groups excluding carboxylic acids is 2. The molecule has 2 N–H and O–H groups in total. The predicted molar refractivity (Wildman–Crippen MR) is 103 cm³/mol. The number of hydrogen-bond donors (Lipinski definition) is 2. The van der Waals surface area contributed by atoms with Crippen LogP contribution in [0.1, 0.15) is 21.7 Å². The number of Topliss-reactive ketones (excluding diaryl/α,β-unsaturated/α-hetero) is 1. The van der Waals surface area contributed by atoms with Crippen molar-refractivity contribution < 1.29 is 9.59 Å². The smallest absolute Gasteiger partial charge is 0.296 e. The standard InChI is InChI=1S/C21H16N4O2/c26-20(21(27)24-14-8-11-22-12-9-14)19-16-6-1-2-7-17(16)25-18(19)13-15-5-3-4-10-23-15/h1-12,25H,13H2,(H,22,24,27). The molecule has 0 spiro atoms. The molecule has 6 heteroatoms. The topological polar surface area (TPSA) is 87.7 Å². The summed E-state index contributed by atoms with van der Waals surface area (Å²) in [4.78, 5) is 37.0. The van der Waals surface area contributed by atoms with Crippen LogP contribution in [-0.2, 0) is 11.2 Å². The summed E-state index contributed by atoms with van der Waals surface area (Å²) >= 11 is 0. The summed E-state index contributed by atoms with van der Waals surface area (Å²) in [5, 5.41) is 3.35. The number of rotatable bonds is 5. The third-order valence-corrected chi connectivity index (χ3v) is 4.24. The normalized spacial score (nSPS) is 10.7. The van der Waals surface area contributed by atoms with Gasteiger partial charge in [0.15, 0.2) is 0 Å². The zero-order valence-corrected chi connectivity index (χ0v) is 14.3. The molecular weight excluding hydrogens is 340 g/mol. The molecule has 3 aromatic heterocycles. The summed E-state index contributed by atoms with van der Waals surface area (Å²) in [6.45, 7) is 0. The second-order valence-corrected chi connectivity index (χ2v) is 6.04. The third kappa shape index (κ3) is 3.46. The molecule has 1 amide bonds. The highest BCUT2D eigenvalue weighted by molar-refractivity contribution is 6.48. The second-order valence-electron chi connectivity index (χ2n) is 6.04. The number of H-pyrrole nitrogens is 1. The van der Waals surface area contributed by atoms with Crippen LogP contribution in [0.3, 0.4) is 0 Å². The van der Waals surface area contributed by atoms with Crippen LogP contribution < -0.4 is 5.32 Å². The van der Waals surface area contributed by atoms with Gasteiger partial charge in [0.2, 0.25) is 0 Å². The molecule has 0 aliphatic carbocycles. The van der Waals surface area contributed by atoms with Crippen LogP contribution in [0.25, 0.3) is 10.9 Å². The number of para-hydroxylation sites is 1. The van der Waals surface area contributed by atoms with Crippen LogP contribution >= 0.6 is 0 Å². The summed E-state index contributed by atoms with van der Waals surface area (Å²) in [6.07, 6.45) is 5.24. The van der Waals surface area contributed by atoms with E-state index in [-0.39, 0.29) is 0 Å². The molecule has 4 rings (SSSR count). The van der Waals surface area contributed by atoms with Crippen LogP contribution in [0.5, 0.6) is 0 Å². The maximum atomic E-state index is 13.0. The number of nitrogens with one attached hydrogen (secondary N) is 2. The third-order valence-electron chi connectivity index (χ3n) is 4.24. The zero-order valence-electron chi connectivity index (χ0n) is 14.3. The minimum absolute atomic E-state index is 0.378. The lowest BCUT2D eigenvalue weighted by Crippen LogP contribution is -2.23. The van der Waals surface area contributed by atoms with Crippen molar-refractivity contribution in [3.8, 4) is 0 Å². The first-order valence-electron chi connectivity index (χ1n) is 8.47. The van der Waals surface area contributed by atoms with Crippen molar-refractivity contribution in [3.63, 3.8) is 0 Å². The van der Waals surface area contributed by atoms with E-state index in [1.807, 2.05) is 42.5 Å². The summed E-state index contributed by atoms with van der Waals surface area (Å²) in [5.74, 6) is -1.27. The number of anilines is 1. The Hall–Kier alpha value is -3.80. The Morgan fingerprint density at radius 2 is 1.70 bits per heavy atom. The summed E-state index contributed by atoms with van der Waals surface area (Å²) in [7, 11) is 0. The van der Waals surface area contributed by atoms with Gasteiger partial charge in [-0.1, -0.05) is 24.3 Å².